The lowest BCUT2D eigenvalue weighted by Gasteiger charge is -2.01. The normalized spacial score (nSPS) is 10.3. The molecule has 0 aliphatic heterocycles. The lowest BCUT2D eigenvalue weighted by atomic mass is 10.1. The molecule has 104 valence electrons. The molecular formula is C13H12N2O4S. The molecule has 0 saturated heterocycles. The van der Waals surface area contributed by atoms with Gasteiger partial charge >= 0.3 is 5.97 Å². The SMILES string of the molecule is COC(=O)c1sc(-c2cc(C)ccc2[N+](=O)[O-])cc1N. The third kappa shape index (κ3) is 2.48. The number of methoxy groups -OCH3 is 1. The number of rotatable bonds is 3. The van der Waals surface area contributed by atoms with E-state index in [2.05, 4.69) is 4.74 Å². The second-order valence-electron chi connectivity index (χ2n) is 4.16. The molecule has 0 fully saturated rings. The van der Waals surface area contributed by atoms with Crippen LogP contribution in [-0.2, 0) is 4.74 Å². The molecule has 0 radical (unpaired) electrons. The van der Waals surface area contributed by atoms with Crippen LogP contribution in [0.5, 0.6) is 0 Å². The molecule has 0 bridgehead atoms. The Morgan fingerprint density at radius 1 is 1.40 bits per heavy atom. The molecular weight excluding hydrogens is 280 g/mol. The Kier molecular flexibility index (Phi) is 3.71. The summed E-state index contributed by atoms with van der Waals surface area (Å²) in [6.07, 6.45) is 0. The van der Waals surface area contributed by atoms with Crippen LogP contribution in [0.3, 0.4) is 0 Å². The van der Waals surface area contributed by atoms with Crippen molar-refractivity contribution < 1.29 is 14.5 Å². The van der Waals surface area contributed by atoms with Crippen LogP contribution < -0.4 is 5.73 Å². The highest BCUT2D eigenvalue weighted by Gasteiger charge is 2.21. The summed E-state index contributed by atoms with van der Waals surface area (Å²) in [4.78, 5) is 23.0. The number of nitro groups is 1. The number of thiophene rings is 1. The van der Waals surface area contributed by atoms with E-state index in [0.717, 1.165) is 16.9 Å². The minimum Gasteiger partial charge on any atom is -0.465 e. The summed E-state index contributed by atoms with van der Waals surface area (Å²) in [5.74, 6) is -0.547. The van der Waals surface area contributed by atoms with Crippen molar-refractivity contribution in [2.45, 2.75) is 6.92 Å². The third-order valence-corrected chi connectivity index (χ3v) is 3.91. The number of carbonyl (C=O) groups is 1. The summed E-state index contributed by atoms with van der Waals surface area (Å²) in [6.45, 7) is 1.84. The van der Waals surface area contributed by atoms with E-state index in [1.54, 1.807) is 18.2 Å². The summed E-state index contributed by atoms with van der Waals surface area (Å²) in [7, 11) is 1.26. The van der Waals surface area contributed by atoms with E-state index in [1.807, 2.05) is 6.92 Å². The molecule has 7 heteroatoms. The summed E-state index contributed by atoms with van der Waals surface area (Å²) in [6, 6.07) is 6.36. The van der Waals surface area contributed by atoms with Gasteiger partial charge in [0.2, 0.25) is 0 Å². The zero-order chi connectivity index (χ0) is 14.9. The van der Waals surface area contributed by atoms with Crippen LogP contribution in [0.15, 0.2) is 24.3 Å². The van der Waals surface area contributed by atoms with E-state index in [9.17, 15) is 14.9 Å². The molecule has 20 heavy (non-hydrogen) atoms. The Morgan fingerprint density at radius 2 is 2.10 bits per heavy atom. The van der Waals surface area contributed by atoms with Gasteiger partial charge in [0.25, 0.3) is 5.69 Å². The van der Waals surface area contributed by atoms with Crippen molar-refractivity contribution >= 4 is 28.7 Å². The second-order valence-corrected chi connectivity index (χ2v) is 5.22. The maximum atomic E-state index is 11.5. The second kappa shape index (κ2) is 5.30. The number of anilines is 1. The number of nitro benzene ring substituents is 1. The first kappa shape index (κ1) is 14.0. The summed E-state index contributed by atoms with van der Waals surface area (Å²) in [5.41, 5.74) is 7.33. The maximum Gasteiger partial charge on any atom is 0.350 e. The zero-order valence-electron chi connectivity index (χ0n) is 10.9. The quantitative estimate of drug-likeness (QED) is 0.533. The van der Waals surface area contributed by atoms with E-state index in [4.69, 9.17) is 5.73 Å². The van der Waals surface area contributed by atoms with Crippen LogP contribution in [0.1, 0.15) is 15.2 Å². The molecule has 1 heterocycles. The van der Waals surface area contributed by atoms with E-state index in [0.29, 0.717) is 10.4 Å². The largest absolute Gasteiger partial charge is 0.465 e. The van der Waals surface area contributed by atoms with Gasteiger partial charge in [-0.1, -0.05) is 6.07 Å². The van der Waals surface area contributed by atoms with Gasteiger partial charge < -0.3 is 10.5 Å². The Hall–Kier alpha value is -2.41. The lowest BCUT2D eigenvalue weighted by molar-refractivity contribution is -0.384. The smallest absolute Gasteiger partial charge is 0.350 e. The molecule has 2 N–H and O–H groups in total. The molecule has 0 unspecified atom stereocenters. The third-order valence-electron chi connectivity index (χ3n) is 2.75. The highest BCUT2D eigenvalue weighted by Crippen LogP contribution is 2.38. The van der Waals surface area contributed by atoms with Gasteiger partial charge in [-0.2, -0.15) is 0 Å². The van der Waals surface area contributed by atoms with Crippen molar-refractivity contribution in [1.29, 1.82) is 0 Å². The number of nitrogens with zero attached hydrogens (tertiary/aromatic N) is 1. The fourth-order valence-corrected chi connectivity index (χ4v) is 2.82. The molecule has 0 aliphatic carbocycles. The topological polar surface area (TPSA) is 95.5 Å². The predicted octanol–water partition coefficient (Wildman–Crippen LogP) is 3.00. The van der Waals surface area contributed by atoms with Gasteiger partial charge in [-0.05, 0) is 24.6 Å². The number of esters is 1. The highest BCUT2D eigenvalue weighted by molar-refractivity contribution is 7.18. The first-order chi connectivity index (χ1) is 9.43. The van der Waals surface area contributed by atoms with Gasteiger partial charge in [-0.3, -0.25) is 10.1 Å². The van der Waals surface area contributed by atoms with E-state index in [-0.39, 0.29) is 16.3 Å². The fourth-order valence-electron chi connectivity index (χ4n) is 1.80. The van der Waals surface area contributed by atoms with Crippen LogP contribution in [-0.4, -0.2) is 18.0 Å². The molecule has 0 saturated carbocycles. The van der Waals surface area contributed by atoms with E-state index < -0.39 is 10.9 Å². The number of hydrogen-bond acceptors (Lipinski definition) is 6. The highest BCUT2D eigenvalue weighted by atomic mass is 32.1. The van der Waals surface area contributed by atoms with Gasteiger partial charge in [0.05, 0.1) is 23.3 Å². The Bertz CT molecular complexity index is 694. The molecule has 1 aromatic carbocycles. The summed E-state index contributed by atoms with van der Waals surface area (Å²) >= 11 is 1.08. The van der Waals surface area contributed by atoms with Crippen molar-refractivity contribution in [3.8, 4) is 10.4 Å². The molecule has 0 aliphatic rings. The van der Waals surface area contributed by atoms with Crippen molar-refractivity contribution in [2.24, 2.45) is 0 Å². The van der Waals surface area contributed by atoms with Gasteiger partial charge in [0.15, 0.2) is 0 Å². The average molecular weight is 292 g/mol. The number of benzene rings is 1. The van der Waals surface area contributed by atoms with E-state index in [1.165, 1.54) is 13.2 Å². The van der Waals surface area contributed by atoms with Crippen LogP contribution in [0, 0.1) is 17.0 Å². The Morgan fingerprint density at radius 3 is 2.70 bits per heavy atom. The zero-order valence-corrected chi connectivity index (χ0v) is 11.7. The average Bonchev–Trinajstić information content (AvgIpc) is 2.79. The van der Waals surface area contributed by atoms with Crippen molar-refractivity contribution in [2.75, 3.05) is 12.8 Å². The van der Waals surface area contributed by atoms with Crippen molar-refractivity contribution in [3.05, 3.63) is 44.8 Å². The number of nitrogen functional groups attached to an aromatic ring is 1. The number of carbonyl (C=O) groups excluding carboxylic acids is 1. The molecule has 1 aromatic heterocycles. The monoisotopic (exact) mass is 292 g/mol. The lowest BCUT2D eigenvalue weighted by Crippen LogP contribution is -2.00. The molecule has 0 spiro atoms. The van der Waals surface area contributed by atoms with Gasteiger partial charge in [-0.15, -0.1) is 11.3 Å². The molecule has 6 nitrogen and oxygen atoms in total. The first-order valence-corrected chi connectivity index (χ1v) is 6.48. The van der Waals surface area contributed by atoms with Crippen LogP contribution >= 0.6 is 11.3 Å². The van der Waals surface area contributed by atoms with Crippen LogP contribution in [0.4, 0.5) is 11.4 Å². The Labute approximate surface area is 118 Å². The van der Waals surface area contributed by atoms with E-state index >= 15 is 0 Å². The predicted molar refractivity (Wildman–Crippen MR) is 76.9 cm³/mol. The molecule has 2 rings (SSSR count). The number of nitrogens with two attached hydrogens (primary N) is 1. The fraction of sp³-hybridized carbons (Fsp3) is 0.154. The Balaban J connectivity index is 2.60. The number of ether oxygens (including phenoxy) is 1. The minimum absolute atomic E-state index is 0.0201. The van der Waals surface area contributed by atoms with Crippen molar-refractivity contribution in [1.82, 2.24) is 0 Å². The summed E-state index contributed by atoms with van der Waals surface area (Å²) < 4.78 is 4.63. The standard InChI is InChI=1S/C13H12N2O4S/c1-7-3-4-10(15(17)18)8(5-7)11-6-9(14)12(20-11)13(16)19-2/h3-6H,14H2,1-2H3. The maximum absolute atomic E-state index is 11.5. The molecule has 2 aromatic rings. The number of aryl methyl sites for hydroxylation is 1. The molecule has 0 atom stereocenters. The van der Waals surface area contributed by atoms with Gasteiger partial charge in [-0.25, -0.2) is 4.79 Å². The van der Waals surface area contributed by atoms with Gasteiger partial charge in [0, 0.05) is 10.9 Å². The first-order valence-electron chi connectivity index (χ1n) is 5.67. The minimum atomic E-state index is -0.547. The summed E-state index contributed by atoms with van der Waals surface area (Å²) in [5, 5.41) is 11.1. The van der Waals surface area contributed by atoms with Gasteiger partial charge in [0.1, 0.15) is 4.88 Å². The molecule has 0 amide bonds. The number of hydrogen-bond donors (Lipinski definition) is 1. The van der Waals surface area contributed by atoms with Crippen molar-refractivity contribution in [3.63, 3.8) is 0 Å². The van der Waals surface area contributed by atoms with Crippen LogP contribution in [0.2, 0.25) is 0 Å². The van der Waals surface area contributed by atoms with Crippen LogP contribution in [0.25, 0.3) is 10.4 Å².